The molecular formula is C26H33N5O. The molecule has 0 saturated heterocycles. The van der Waals surface area contributed by atoms with E-state index in [0.29, 0.717) is 18.1 Å². The van der Waals surface area contributed by atoms with Crippen LogP contribution in [-0.2, 0) is 13.1 Å². The fourth-order valence-corrected chi connectivity index (χ4v) is 3.60. The van der Waals surface area contributed by atoms with Crippen LogP contribution in [0.15, 0.2) is 41.4 Å². The SMILES string of the molecule is CCn1nc(C)c(CN=C(NC(=O)c2ccc(C)c(C)c2)Nc2cc(C)ccc2C)c1C. The van der Waals surface area contributed by atoms with Gasteiger partial charge in [-0.05, 0) is 88.9 Å². The molecule has 2 N–H and O–H groups in total. The third-order valence-corrected chi connectivity index (χ3v) is 5.87. The van der Waals surface area contributed by atoms with Crippen LogP contribution in [0.5, 0.6) is 0 Å². The van der Waals surface area contributed by atoms with E-state index in [1.165, 1.54) is 0 Å². The number of anilines is 1. The molecule has 3 aromatic rings. The van der Waals surface area contributed by atoms with E-state index in [2.05, 4.69) is 47.8 Å². The molecule has 0 radical (unpaired) electrons. The Morgan fingerprint density at radius 3 is 2.34 bits per heavy atom. The average Bonchev–Trinajstić information content (AvgIpc) is 3.03. The Balaban J connectivity index is 1.92. The summed E-state index contributed by atoms with van der Waals surface area (Å²) < 4.78 is 1.98. The van der Waals surface area contributed by atoms with Crippen LogP contribution in [0.4, 0.5) is 5.69 Å². The molecule has 1 aromatic heterocycles. The van der Waals surface area contributed by atoms with Gasteiger partial charge in [-0.3, -0.25) is 14.8 Å². The molecule has 0 spiro atoms. The standard InChI is InChI=1S/C26H33N5O/c1-8-31-21(7)23(20(6)30-31)15-27-26(28-24-13-16(2)9-10-18(24)4)29-25(32)22-12-11-17(3)19(5)14-22/h9-14H,8,15H2,1-7H3,(H2,27,28,29,32). The van der Waals surface area contributed by atoms with Crippen LogP contribution < -0.4 is 10.6 Å². The first kappa shape index (κ1) is 23.3. The Kier molecular flexibility index (Phi) is 7.13. The number of benzene rings is 2. The molecule has 1 heterocycles. The number of nitrogens with one attached hydrogen (secondary N) is 2. The number of amides is 1. The lowest BCUT2D eigenvalue weighted by atomic mass is 10.1. The number of hydrogen-bond donors (Lipinski definition) is 2. The van der Waals surface area contributed by atoms with E-state index in [0.717, 1.165) is 51.4 Å². The second kappa shape index (κ2) is 9.81. The quantitative estimate of drug-likeness (QED) is 0.433. The van der Waals surface area contributed by atoms with Crippen LogP contribution >= 0.6 is 0 Å². The summed E-state index contributed by atoms with van der Waals surface area (Å²) in [4.78, 5) is 17.8. The normalized spacial score (nSPS) is 11.5. The van der Waals surface area contributed by atoms with Gasteiger partial charge in [0.2, 0.25) is 5.96 Å². The largest absolute Gasteiger partial charge is 0.326 e. The van der Waals surface area contributed by atoms with E-state index in [4.69, 9.17) is 4.99 Å². The van der Waals surface area contributed by atoms with Gasteiger partial charge in [0.1, 0.15) is 0 Å². The molecule has 168 valence electrons. The number of aliphatic imine (C=N–C) groups is 1. The fourth-order valence-electron chi connectivity index (χ4n) is 3.60. The second-order valence-electron chi connectivity index (χ2n) is 8.33. The van der Waals surface area contributed by atoms with Gasteiger partial charge in [-0.2, -0.15) is 5.10 Å². The number of aryl methyl sites for hydroxylation is 6. The molecule has 6 heteroatoms. The monoisotopic (exact) mass is 431 g/mol. The van der Waals surface area contributed by atoms with Crippen LogP contribution in [0.2, 0.25) is 0 Å². The van der Waals surface area contributed by atoms with Crippen molar-refractivity contribution in [3.8, 4) is 0 Å². The lowest BCUT2D eigenvalue weighted by Crippen LogP contribution is -2.36. The molecule has 6 nitrogen and oxygen atoms in total. The van der Waals surface area contributed by atoms with Gasteiger partial charge in [-0.25, -0.2) is 4.99 Å². The minimum atomic E-state index is -0.192. The summed E-state index contributed by atoms with van der Waals surface area (Å²) in [6, 6.07) is 11.9. The highest BCUT2D eigenvalue weighted by molar-refractivity contribution is 6.10. The lowest BCUT2D eigenvalue weighted by molar-refractivity contribution is 0.0977. The summed E-state index contributed by atoms with van der Waals surface area (Å²) in [5, 5.41) is 10.9. The van der Waals surface area contributed by atoms with Crippen molar-refractivity contribution in [3.63, 3.8) is 0 Å². The van der Waals surface area contributed by atoms with Gasteiger partial charge in [0, 0.05) is 29.1 Å². The molecule has 0 atom stereocenters. The number of aromatic nitrogens is 2. The van der Waals surface area contributed by atoms with Crippen LogP contribution in [0, 0.1) is 41.5 Å². The topological polar surface area (TPSA) is 71.3 Å². The smallest absolute Gasteiger partial charge is 0.257 e. The van der Waals surface area contributed by atoms with E-state index < -0.39 is 0 Å². The van der Waals surface area contributed by atoms with Gasteiger partial charge < -0.3 is 5.32 Å². The summed E-state index contributed by atoms with van der Waals surface area (Å²) in [5.41, 5.74) is 9.10. The first-order valence-electron chi connectivity index (χ1n) is 11.0. The second-order valence-corrected chi connectivity index (χ2v) is 8.33. The van der Waals surface area contributed by atoms with Crippen molar-refractivity contribution >= 4 is 17.6 Å². The Morgan fingerprint density at radius 2 is 1.69 bits per heavy atom. The zero-order valence-corrected chi connectivity index (χ0v) is 20.1. The van der Waals surface area contributed by atoms with Crippen LogP contribution in [-0.4, -0.2) is 21.6 Å². The molecule has 0 aliphatic heterocycles. The maximum absolute atomic E-state index is 13.0. The molecule has 0 saturated carbocycles. The molecule has 0 aliphatic rings. The highest BCUT2D eigenvalue weighted by atomic mass is 16.1. The molecule has 0 unspecified atom stereocenters. The van der Waals surface area contributed by atoms with Crippen LogP contribution in [0.3, 0.4) is 0 Å². The van der Waals surface area contributed by atoms with Crippen molar-refractivity contribution in [2.24, 2.45) is 4.99 Å². The molecule has 1 amide bonds. The predicted octanol–water partition coefficient (Wildman–Crippen LogP) is 5.15. The molecule has 32 heavy (non-hydrogen) atoms. The molecule has 0 aliphatic carbocycles. The summed E-state index contributed by atoms with van der Waals surface area (Å²) in [6.45, 7) is 15.5. The number of carbonyl (C=O) groups is 1. The van der Waals surface area contributed by atoms with Crippen molar-refractivity contribution in [1.29, 1.82) is 0 Å². The van der Waals surface area contributed by atoms with Gasteiger partial charge >= 0.3 is 0 Å². The van der Waals surface area contributed by atoms with Gasteiger partial charge in [-0.15, -0.1) is 0 Å². The number of rotatable bonds is 5. The van der Waals surface area contributed by atoms with E-state index in [-0.39, 0.29) is 5.91 Å². The molecule has 2 aromatic carbocycles. The van der Waals surface area contributed by atoms with Crippen molar-refractivity contribution in [1.82, 2.24) is 15.1 Å². The molecule has 0 bridgehead atoms. The third-order valence-electron chi connectivity index (χ3n) is 5.87. The Morgan fingerprint density at radius 1 is 0.969 bits per heavy atom. The molecule has 0 fully saturated rings. The highest BCUT2D eigenvalue weighted by Gasteiger charge is 2.14. The lowest BCUT2D eigenvalue weighted by Gasteiger charge is -2.15. The van der Waals surface area contributed by atoms with Gasteiger partial charge in [0.25, 0.3) is 5.91 Å². The Labute approximate surface area is 190 Å². The summed E-state index contributed by atoms with van der Waals surface area (Å²) in [7, 11) is 0. The maximum Gasteiger partial charge on any atom is 0.257 e. The van der Waals surface area contributed by atoms with Crippen LogP contribution in [0.25, 0.3) is 0 Å². The van der Waals surface area contributed by atoms with Crippen LogP contribution in [0.1, 0.15) is 56.5 Å². The minimum absolute atomic E-state index is 0.192. The number of guanidine groups is 1. The van der Waals surface area contributed by atoms with Crippen molar-refractivity contribution in [3.05, 3.63) is 81.2 Å². The summed E-state index contributed by atoms with van der Waals surface area (Å²) in [5.74, 6) is 0.229. The highest BCUT2D eigenvalue weighted by Crippen LogP contribution is 2.18. The van der Waals surface area contributed by atoms with Gasteiger partial charge in [0.05, 0.1) is 12.2 Å². The van der Waals surface area contributed by atoms with Gasteiger partial charge in [0.15, 0.2) is 0 Å². The number of hydrogen-bond acceptors (Lipinski definition) is 3. The van der Waals surface area contributed by atoms with Gasteiger partial charge in [-0.1, -0.05) is 18.2 Å². The van der Waals surface area contributed by atoms with E-state index >= 15 is 0 Å². The molecule has 3 rings (SSSR count). The first-order chi connectivity index (χ1) is 15.2. The number of carbonyl (C=O) groups excluding carboxylic acids is 1. The van der Waals surface area contributed by atoms with Crippen molar-refractivity contribution < 1.29 is 4.79 Å². The van der Waals surface area contributed by atoms with Crippen molar-refractivity contribution in [2.45, 2.75) is 61.6 Å². The van der Waals surface area contributed by atoms with E-state index in [9.17, 15) is 4.79 Å². The zero-order chi connectivity index (χ0) is 23.4. The fraction of sp³-hybridized carbons (Fsp3) is 0.346. The first-order valence-corrected chi connectivity index (χ1v) is 11.0. The van der Waals surface area contributed by atoms with E-state index in [1.54, 1.807) is 0 Å². The Hall–Kier alpha value is -3.41. The Bertz CT molecular complexity index is 1170. The zero-order valence-electron chi connectivity index (χ0n) is 20.1. The number of nitrogens with zero attached hydrogens (tertiary/aromatic N) is 3. The minimum Gasteiger partial charge on any atom is -0.326 e. The average molecular weight is 432 g/mol. The summed E-state index contributed by atoms with van der Waals surface area (Å²) in [6.07, 6.45) is 0. The molecular weight excluding hydrogens is 398 g/mol. The third kappa shape index (κ3) is 5.25. The van der Waals surface area contributed by atoms with E-state index in [1.807, 2.05) is 57.5 Å². The summed E-state index contributed by atoms with van der Waals surface area (Å²) >= 11 is 0. The predicted molar refractivity (Wildman–Crippen MR) is 131 cm³/mol. The van der Waals surface area contributed by atoms with Crippen molar-refractivity contribution in [2.75, 3.05) is 5.32 Å². The maximum atomic E-state index is 13.0.